The average Bonchev–Trinajstić information content (AvgIpc) is 3.54. The molecule has 0 N–H and O–H groups in total. The minimum absolute atomic E-state index is 0.0621. The maximum Gasteiger partial charge on any atom is 0.272 e. The highest BCUT2D eigenvalue weighted by atomic mass is 35.5. The average molecular weight is 541 g/mol. The number of carbonyl (C=O) groups excluding carboxylic acids is 2. The number of nitrogens with zero attached hydrogens (tertiary/aromatic N) is 4. The lowest BCUT2D eigenvalue weighted by Crippen LogP contribution is -2.60. The quantitative estimate of drug-likeness (QED) is 0.403. The number of rotatable bonds is 5. The minimum atomic E-state index is -2.02. The van der Waals surface area contributed by atoms with E-state index in [1.54, 1.807) is 24.0 Å². The second-order valence-corrected chi connectivity index (χ2v) is 16.6. The van der Waals surface area contributed by atoms with E-state index in [9.17, 15) is 9.59 Å². The van der Waals surface area contributed by atoms with Crippen LogP contribution in [0.1, 0.15) is 58.6 Å². The van der Waals surface area contributed by atoms with E-state index < -0.39 is 14.0 Å². The standard InChI is InChI=1S/C27H33ClN4O4Si/c1-18-22(16-35-29-18)24(33)31-13-14-32-25(34)23-12-11-21(15-36-37(5,6)26(2,3)4)30(23)17-27(31,32)19-7-9-20(28)10-8-19/h7-12,16H,13-15,17H2,1-6H3. The molecule has 196 valence electrons. The summed E-state index contributed by atoms with van der Waals surface area (Å²) in [5.74, 6) is -0.337. The molecule has 2 aromatic heterocycles. The Bertz CT molecular complexity index is 1360. The van der Waals surface area contributed by atoms with Crippen molar-refractivity contribution in [3.05, 3.63) is 75.9 Å². The third kappa shape index (κ3) is 4.04. The predicted molar refractivity (Wildman–Crippen MR) is 143 cm³/mol. The van der Waals surface area contributed by atoms with E-state index in [-0.39, 0.29) is 16.9 Å². The molecule has 0 radical (unpaired) electrons. The maximum atomic E-state index is 13.9. The van der Waals surface area contributed by atoms with Crippen LogP contribution < -0.4 is 0 Å². The van der Waals surface area contributed by atoms with E-state index in [0.717, 1.165) is 11.3 Å². The van der Waals surface area contributed by atoms with Crippen molar-refractivity contribution in [2.45, 2.75) is 64.6 Å². The normalized spacial score (nSPS) is 19.8. The Labute approximate surface area is 223 Å². The Morgan fingerprint density at radius 2 is 1.86 bits per heavy atom. The molecule has 0 aliphatic carbocycles. The Morgan fingerprint density at radius 3 is 2.49 bits per heavy atom. The van der Waals surface area contributed by atoms with Crippen LogP contribution in [0, 0.1) is 6.92 Å². The summed E-state index contributed by atoms with van der Waals surface area (Å²) in [4.78, 5) is 31.4. The molecule has 1 unspecified atom stereocenters. The summed E-state index contributed by atoms with van der Waals surface area (Å²) in [6, 6.07) is 11.2. The number of aryl methyl sites for hydroxylation is 1. The van der Waals surface area contributed by atoms with Gasteiger partial charge in [0.25, 0.3) is 11.8 Å². The molecule has 1 saturated heterocycles. The monoisotopic (exact) mass is 540 g/mol. The molecule has 1 atom stereocenters. The van der Waals surface area contributed by atoms with Crippen molar-refractivity contribution in [1.29, 1.82) is 0 Å². The van der Waals surface area contributed by atoms with Gasteiger partial charge in [0.2, 0.25) is 0 Å². The van der Waals surface area contributed by atoms with Gasteiger partial charge in [0.05, 0.1) is 18.8 Å². The van der Waals surface area contributed by atoms with Crippen molar-refractivity contribution in [2.24, 2.45) is 0 Å². The SMILES string of the molecule is Cc1nocc1C(=O)N1CCN2C(=O)c3ccc(CO[Si](C)(C)C(C)(C)C)n3CC12c1ccc(Cl)cc1. The predicted octanol–water partition coefficient (Wildman–Crippen LogP) is 5.42. The number of benzene rings is 1. The summed E-state index contributed by atoms with van der Waals surface area (Å²) in [7, 11) is -2.02. The second kappa shape index (κ2) is 8.85. The summed E-state index contributed by atoms with van der Waals surface area (Å²) in [5.41, 5.74) is 2.22. The summed E-state index contributed by atoms with van der Waals surface area (Å²) >= 11 is 6.23. The van der Waals surface area contributed by atoms with Gasteiger partial charge in [0.15, 0.2) is 14.0 Å². The highest BCUT2D eigenvalue weighted by Gasteiger charge is 2.56. The Balaban J connectivity index is 1.60. The maximum absolute atomic E-state index is 13.9. The van der Waals surface area contributed by atoms with Crippen LogP contribution in [0.15, 0.2) is 47.2 Å². The molecular weight excluding hydrogens is 508 g/mol. The largest absolute Gasteiger partial charge is 0.411 e. The number of aromatic nitrogens is 2. The van der Waals surface area contributed by atoms with Gasteiger partial charge in [0.1, 0.15) is 17.5 Å². The zero-order chi connectivity index (χ0) is 26.8. The van der Waals surface area contributed by atoms with Gasteiger partial charge in [-0.25, -0.2) is 0 Å². The molecule has 3 aromatic rings. The lowest BCUT2D eigenvalue weighted by molar-refractivity contribution is -0.00693. The molecule has 1 fully saturated rings. The second-order valence-electron chi connectivity index (χ2n) is 11.4. The van der Waals surface area contributed by atoms with Crippen molar-refractivity contribution in [3.63, 3.8) is 0 Å². The highest BCUT2D eigenvalue weighted by molar-refractivity contribution is 6.74. The van der Waals surface area contributed by atoms with Gasteiger partial charge in [-0.05, 0) is 49.3 Å². The molecule has 2 aliphatic heterocycles. The Hall–Kier alpha value is -2.88. The van der Waals surface area contributed by atoms with Crippen LogP contribution in [0.5, 0.6) is 0 Å². The van der Waals surface area contributed by atoms with Crippen LogP contribution in [-0.4, -0.2) is 52.7 Å². The van der Waals surface area contributed by atoms with Crippen molar-refractivity contribution in [3.8, 4) is 0 Å². The summed E-state index contributed by atoms with van der Waals surface area (Å²) < 4.78 is 13.6. The number of carbonyl (C=O) groups is 2. The van der Waals surface area contributed by atoms with Gasteiger partial charge in [-0.1, -0.05) is 49.7 Å². The van der Waals surface area contributed by atoms with Crippen molar-refractivity contribution in [1.82, 2.24) is 19.5 Å². The van der Waals surface area contributed by atoms with Crippen molar-refractivity contribution < 1.29 is 18.5 Å². The van der Waals surface area contributed by atoms with E-state index in [2.05, 4.69) is 39.0 Å². The molecule has 4 heterocycles. The van der Waals surface area contributed by atoms with Gasteiger partial charge in [0, 0.05) is 29.4 Å². The van der Waals surface area contributed by atoms with Gasteiger partial charge in [-0.3, -0.25) is 9.59 Å². The van der Waals surface area contributed by atoms with Gasteiger partial charge in [-0.15, -0.1) is 0 Å². The van der Waals surface area contributed by atoms with Crippen LogP contribution in [0.2, 0.25) is 23.2 Å². The number of hydrogen-bond donors (Lipinski definition) is 0. The van der Waals surface area contributed by atoms with Gasteiger partial charge >= 0.3 is 0 Å². The molecule has 2 amide bonds. The summed E-state index contributed by atoms with van der Waals surface area (Å²) in [6.07, 6.45) is 1.38. The third-order valence-electron chi connectivity index (χ3n) is 8.27. The van der Waals surface area contributed by atoms with Crippen LogP contribution in [0.25, 0.3) is 0 Å². The van der Waals surface area contributed by atoms with E-state index in [4.69, 9.17) is 20.6 Å². The fraction of sp³-hybridized carbons (Fsp3) is 0.444. The first kappa shape index (κ1) is 25.8. The molecule has 1 aromatic carbocycles. The van der Waals surface area contributed by atoms with Crippen molar-refractivity contribution >= 4 is 31.7 Å². The van der Waals surface area contributed by atoms with Gasteiger partial charge in [-0.2, -0.15) is 0 Å². The van der Waals surface area contributed by atoms with E-state index >= 15 is 0 Å². The zero-order valence-electron chi connectivity index (χ0n) is 22.2. The van der Waals surface area contributed by atoms with Crippen LogP contribution >= 0.6 is 11.6 Å². The van der Waals surface area contributed by atoms with E-state index in [0.29, 0.717) is 48.2 Å². The molecule has 8 nitrogen and oxygen atoms in total. The Kier molecular flexibility index (Phi) is 6.16. The first-order valence-electron chi connectivity index (χ1n) is 12.5. The first-order valence-corrected chi connectivity index (χ1v) is 15.8. The highest BCUT2D eigenvalue weighted by Crippen LogP contribution is 2.45. The van der Waals surface area contributed by atoms with Crippen LogP contribution in [-0.2, 0) is 23.2 Å². The Morgan fingerprint density at radius 1 is 1.16 bits per heavy atom. The molecule has 0 saturated carbocycles. The lowest BCUT2D eigenvalue weighted by Gasteiger charge is -2.47. The molecule has 37 heavy (non-hydrogen) atoms. The third-order valence-corrected chi connectivity index (χ3v) is 13.0. The summed E-state index contributed by atoms with van der Waals surface area (Å²) in [6.45, 7) is 14.4. The molecular formula is C27H33ClN4O4Si. The molecule has 2 aliphatic rings. The lowest BCUT2D eigenvalue weighted by atomic mass is 9.93. The minimum Gasteiger partial charge on any atom is -0.411 e. The first-order chi connectivity index (χ1) is 17.4. The molecule has 10 heteroatoms. The molecule has 0 spiro atoms. The van der Waals surface area contributed by atoms with Crippen LogP contribution in [0.4, 0.5) is 0 Å². The smallest absolute Gasteiger partial charge is 0.272 e. The molecule has 5 rings (SSSR count). The van der Waals surface area contributed by atoms with Crippen molar-refractivity contribution in [2.75, 3.05) is 13.1 Å². The summed E-state index contributed by atoms with van der Waals surface area (Å²) in [5, 5.41) is 4.56. The van der Waals surface area contributed by atoms with Crippen LogP contribution in [0.3, 0.4) is 0 Å². The number of fused-ring (bicyclic) bond motifs is 2. The number of halogens is 1. The zero-order valence-corrected chi connectivity index (χ0v) is 23.9. The van der Waals surface area contributed by atoms with E-state index in [1.165, 1.54) is 6.26 Å². The van der Waals surface area contributed by atoms with Gasteiger partial charge < -0.3 is 23.3 Å². The number of hydrogen-bond acceptors (Lipinski definition) is 5. The molecule has 0 bridgehead atoms. The fourth-order valence-electron chi connectivity index (χ4n) is 5.03. The fourth-order valence-corrected chi connectivity index (χ4v) is 6.09. The van der Waals surface area contributed by atoms with E-state index in [1.807, 2.05) is 33.7 Å². The topological polar surface area (TPSA) is 80.8 Å². The number of amides is 2.